The first-order chi connectivity index (χ1) is 11.6. The van der Waals surface area contributed by atoms with Crippen LogP contribution in [-0.2, 0) is 23.8 Å². The highest BCUT2D eigenvalue weighted by Crippen LogP contribution is 2.23. The molecular formula is C18H26N4OS. The first-order valence-electron chi connectivity index (χ1n) is 8.71. The molecule has 1 aliphatic heterocycles. The molecule has 0 spiro atoms. The van der Waals surface area contributed by atoms with Gasteiger partial charge in [-0.1, -0.05) is 32.0 Å². The molecule has 1 N–H and O–H groups in total. The molecule has 0 aliphatic carbocycles. The average Bonchev–Trinajstić information content (AvgIpc) is 3.02. The van der Waals surface area contributed by atoms with Crippen molar-refractivity contribution in [2.75, 3.05) is 18.8 Å². The van der Waals surface area contributed by atoms with E-state index in [-0.39, 0.29) is 0 Å². The molecule has 24 heavy (non-hydrogen) atoms. The van der Waals surface area contributed by atoms with Gasteiger partial charge in [-0.3, -0.25) is 4.21 Å². The van der Waals surface area contributed by atoms with Crippen molar-refractivity contribution < 1.29 is 4.21 Å². The lowest BCUT2D eigenvalue weighted by molar-refractivity contribution is 0.343. The molecule has 1 aromatic heterocycles. The van der Waals surface area contributed by atoms with Gasteiger partial charge in [-0.15, -0.1) is 10.2 Å². The van der Waals surface area contributed by atoms with Gasteiger partial charge in [0.15, 0.2) is 0 Å². The van der Waals surface area contributed by atoms with E-state index in [9.17, 15) is 4.21 Å². The second-order valence-corrected chi connectivity index (χ2v) is 8.28. The molecule has 3 rings (SSSR count). The van der Waals surface area contributed by atoms with E-state index in [1.165, 1.54) is 0 Å². The summed E-state index contributed by atoms with van der Waals surface area (Å²) in [4.78, 5) is 0.910. The summed E-state index contributed by atoms with van der Waals surface area (Å²) in [6, 6.07) is 9.68. The van der Waals surface area contributed by atoms with Gasteiger partial charge >= 0.3 is 0 Å². The summed E-state index contributed by atoms with van der Waals surface area (Å²) < 4.78 is 14.5. The van der Waals surface area contributed by atoms with Crippen molar-refractivity contribution in [3.63, 3.8) is 0 Å². The number of aromatic nitrogens is 3. The molecule has 0 radical (unpaired) electrons. The Morgan fingerprint density at radius 1 is 1.29 bits per heavy atom. The number of benzene rings is 1. The maximum Gasteiger partial charge on any atom is 0.135 e. The van der Waals surface area contributed by atoms with Gasteiger partial charge < -0.3 is 9.88 Å². The summed E-state index contributed by atoms with van der Waals surface area (Å²) in [5.74, 6) is 3.88. The summed E-state index contributed by atoms with van der Waals surface area (Å²) in [6.45, 7) is 7.06. The zero-order chi connectivity index (χ0) is 16.9. The summed E-state index contributed by atoms with van der Waals surface area (Å²) in [5.41, 5.74) is 0. The van der Waals surface area contributed by atoms with Crippen molar-refractivity contribution in [2.24, 2.45) is 5.92 Å². The summed E-state index contributed by atoms with van der Waals surface area (Å²) in [6.07, 6.45) is 2.15. The molecule has 2 atom stereocenters. The summed E-state index contributed by atoms with van der Waals surface area (Å²) in [7, 11) is -0.917. The Bertz CT molecular complexity index is 684. The second kappa shape index (κ2) is 8.03. The molecule has 2 heterocycles. The van der Waals surface area contributed by atoms with E-state index >= 15 is 0 Å². The number of aryl methyl sites for hydroxylation is 1. The fourth-order valence-electron chi connectivity index (χ4n) is 3.17. The van der Waals surface area contributed by atoms with Crippen LogP contribution in [-0.4, -0.2) is 37.8 Å². The van der Waals surface area contributed by atoms with Gasteiger partial charge in [0.05, 0.1) is 10.8 Å². The number of nitrogens with one attached hydrogen (secondary N) is 1. The number of nitrogens with zero attached hydrogens (tertiary/aromatic N) is 3. The van der Waals surface area contributed by atoms with E-state index in [0.29, 0.717) is 17.6 Å². The van der Waals surface area contributed by atoms with Gasteiger partial charge in [0.25, 0.3) is 0 Å². The average molecular weight is 347 g/mol. The molecule has 0 amide bonds. The minimum absolute atomic E-state index is 0.409. The monoisotopic (exact) mass is 346 g/mol. The molecule has 1 aliphatic rings. The van der Waals surface area contributed by atoms with Crippen molar-refractivity contribution in [1.82, 2.24) is 20.1 Å². The SMILES string of the molecule is CC(C)c1nnc2n1C[C@H](CNCC[S@@](=O)c1ccccc1)CC2. The van der Waals surface area contributed by atoms with Crippen LogP contribution < -0.4 is 5.32 Å². The summed E-state index contributed by atoms with van der Waals surface area (Å²) in [5, 5.41) is 12.1. The van der Waals surface area contributed by atoms with Crippen molar-refractivity contribution in [3.8, 4) is 0 Å². The predicted molar refractivity (Wildman–Crippen MR) is 96.5 cm³/mol. The van der Waals surface area contributed by atoms with Crippen LogP contribution in [0.4, 0.5) is 0 Å². The van der Waals surface area contributed by atoms with E-state index in [0.717, 1.165) is 49.0 Å². The van der Waals surface area contributed by atoms with Gasteiger partial charge in [-0.05, 0) is 31.0 Å². The largest absolute Gasteiger partial charge is 0.315 e. The van der Waals surface area contributed by atoms with Crippen molar-refractivity contribution in [2.45, 2.75) is 44.0 Å². The quantitative estimate of drug-likeness (QED) is 0.782. The molecule has 0 unspecified atom stereocenters. The zero-order valence-corrected chi connectivity index (χ0v) is 15.3. The Morgan fingerprint density at radius 3 is 2.83 bits per heavy atom. The van der Waals surface area contributed by atoms with Crippen molar-refractivity contribution in [3.05, 3.63) is 42.0 Å². The number of hydrogen-bond donors (Lipinski definition) is 1. The van der Waals surface area contributed by atoms with Crippen LogP contribution in [0.5, 0.6) is 0 Å². The molecule has 130 valence electrons. The van der Waals surface area contributed by atoms with E-state index in [2.05, 4.69) is 33.9 Å². The van der Waals surface area contributed by atoms with E-state index in [1.54, 1.807) is 0 Å². The fraction of sp³-hybridized carbons (Fsp3) is 0.556. The van der Waals surface area contributed by atoms with Crippen molar-refractivity contribution in [1.29, 1.82) is 0 Å². The first kappa shape index (κ1) is 17.3. The predicted octanol–water partition coefficient (Wildman–Crippen LogP) is 2.36. The van der Waals surface area contributed by atoms with E-state index in [4.69, 9.17) is 0 Å². The third-order valence-corrected chi connectivity index (χ3v) is 5.87. The van der Waals surface area contributed by atoms with Gasteiger partial charge in [0.1, 0.15) is 11.6 Å². The Kier molecular flexibility index (Phi) is 5.79. The highest BCUT2D eigenvalue weighted by Gasteiger charge is 2.23. The van der Waals surface area contributed by atoms with Gasteiger partial charge in [0, 0.05) is 36.1 Å². The normalized spacial score (nSPS) is 18.5. The van der Waals surface area contributed by atoms with Crippen LogP contribution in [0, 0.1) is 5.92 Å². The smallest absolute Gasteiger partial charge is 0.135 e. The minimum Gasteiger partial charge on any atom is -0.315 e. The summed E-state index contributed by atoms with van der Waals surface area (Å²) >= 11 is 0. The van der Waals surface area contributed by atoms with Crippen molar-refractivity contribution >= 4 is 10.8 Å². The van der Waals surface area contributed by atoms with Crippen LogP contribution in [0.15, 0.2) is 35.2 Å². The number of rotatable bonds is 7. The third kappa shape index (κ3) is 4.11. The molecule has 0 fully saturated rings. The van der Waals surface area contributed by atoms with E-state index in [1.807, 2.05) is 30.3 Å². The molecule has 0 saturated heterocycles. The van der Waals surface area contributed by atoms with E-state index < -0.39 is 10.8 Å². The van der Waals surface area contributed by atoms with Gasteiger partial charge in [-0.25, -0.2) is 0 Å². The molecule has 2 aromatic rings. The number of fused-ring (bicyclic) bond motifs is 1. The standard InChI is InChI=1S/C18H26N4OS/c1-14(2)18-21-20-17-9-8-15(13-22(17)18)12-19-10-11-24(23)16-6-4-3-5-7-16/h3-7,14-15,19H,8-13H2,1-2H3/t15-,24+/m0/s1. The topological polar surface area (TPSA) is 59.8 Å². The van der Waals surface area contributed by atoms with Crippen LogP contribution in [0.25, 0.3) is 0 Å². The molecular weight excluding hydrogens is 320 g/mol. The Balaban J connectivity index is 1.45. The Morgan fingerprint density at radius 2 is 2.08 bits per heavy atom. The van der Waals surface area contributed by atoms with Gasteiger partial charge in [-0.2, -0.15) is 0 Å². The molecule has 5 nitrogen and oxygen atoms in total. The lowest BCUT2D eigenvalue weighted by Gasteiger charge is -2.25. The Labute approximate surface area is 146 Å². The third-order valence-electron chi connectivity index (χ3n) is 4.49. The van der Waals surface area contributed by atoms with Crippen LogP contribution in [0.2, 0.25) is 0 Å². The van der Waals surface area contributed by atoms with Crippen LogP contribution in [0.1, 0.15) is 37.8 Å². The zero-order valence-electron chi connectivity index (χ0n) is 14.4. The highest BCUT2D eigenvalue weighted by molar-refractivity contribution is 7.85. The lowest BCUT2D eigenvalue weighted by atomic mass is 9.99. The highest BCUT2D eigenvalue weighted by atomic mass is 32.2. The lowest BCUT2D eigenvalue weighted by Crippen LogP contribution is -2.32. The maximum atomic E-state index is 12.2. The molecule has 0 bridgehead atoms. The first-order valence-corrected chi connectivity index (χ1v) is 10.0. The maximum absolute atomic E-state index is 12.2. The number of hydrogen-bond acceptors (Lipinski definition) is 4. The van der Waals surface area contributed by atoms with Crippen LogP contribution >= 0.6 is 0 Å². The molecule has 0 saturated carbocycles. The molecule has 1 aromatic carbocycles. The van der Waals surface area contributed by atoms with Crippen LogP contribution in [0.3, 0.4) is 0 Å². The second-order valence-electron chi connectivity index (χ2n) is 6.71. The Hall–Kier alpha value is -1.53. The fourth-order valence-corrected chi connectivity index (χ4v) is 4.20. The minimum atomic E-state index is -0.917. The molecule has 6 heteroatoms. The van der Waals surface area contributed by atoms with Gasteiger partial charge in [0.2, 0.25) is 0 Å².